The Morgan fingerprint density at radius 3 is 2.33 bits per heavy atom. The van der Waals surface area contributed by atoms with Crippen LogP contribution in [0.5, 0.6) is 0 Å². The fourth-order valence-electron chi connectivity index (χ4n) is 3.75. The summed E-state index contributed by atoms with van der Waals surface area (Å²) in [5, 5.41) is 21.1. The molecule has 3 heteroatoms. The van der Waals surface area contributed by atoms with E-state index in [1.54, 1.807) is 6.92 Å². The van der Waals surface area contributed by atoms with E-state index in [4.69, 9.17) is 0 Å². The van der Waals surface area contributed by atoms with E-state index in [0.717, 1.165) is 17.6 Å². The number of fused-ring (bicyclic) bond motifs is 1. The van der Waals surface area contributed by atoms with Gasteiger partial charge in [0, 0.05) is 6.42 Å². The van der Waals surface area contributed by atoms with Crippen LogP contribution in [0.1, 0.15) is 53.4 Å². The highest BCUT2D eigenvalue weighted by molar-refractivity contribution is 5.97. The van der Waals surface area contributed by atoms with E-state index in [9.17, 15) is 15.0 Å². The molecule has 2 aliphatic rings. The maximum Gasteiger partial charge on any atom is 0.161 e. The Bertz CT molecular complexity index is 400. The third-order valence-corrected chi connectivity index (χ3v) is 4.93. The van der Waals surface area contributed by atoms with E-state index >= 15 is 0 Å². The highest BCUT2D eigenvalue weighted by Gasteiger charge is 2.53. The van der Waals surface area contributed by atoms with Gasteiger partial charge < -0.3 is 10.2 Å². The van der Waals surface area contributed by atoms with Crippen LogP contribution >= 0.6 is 0 Å². The number of hydrogen-bond donors (Lipinski definition) is 2. The molecule has 2 N–H and O–H groups in total. The molecular weight excluding hydrogens is 228 g/mol. The third kappa shape index (κ3) is 2.14. The van der Waals surface area contributed by atoms with E-state index in [1.165, 1.54) is 0 Å². The van der Waals surface area contributed by atoms with Crippen LogP contribution in [-0.2, 0) is 4.79 Å². The first-order valence-corrected chi connectivity index (χ1v) is 6.79. The lowest BCUT2D eigenvalue weighted by molar-refractivity contribution is -0.121. The lowest BCUT2D eigenvalue weighted by atomic mass is 9.76. The zero-order chi connectivity index (χ0) is 13.7. The molecule has 0 heterocycles. The van der Waals surface area contributed by atoms with Crippen molar-refractivity contribution in [2.45, 2.75) is 64.6 Å². The molecule has 0 aliphatic heterocycles. The Kier molecular flexibility index (Phi) is 3.19. The number of carbonyl (C=O) groups excluding carboxylic acids is 1. The second-order valence-electron chi connectivity index (χ2n) is 6.75. The first kappa shape index (κ1) is 13.8. The lowest BCUT2D eigenvalue weighted by Gasteiger charge is -2.34. The molecule has 102 valence electrons. The van der Waals surface area contributed by atoms with Gasteiger partial charge in [0.25, 0.3) is 0 Å². The van der Waals surface area contributed by atoms with Crippen molar-refractivity contribution in [2.75, 3.05) is 0 Å². The number of rotatable bonds is 0. The monoisotopic (exact) mass is 252 g/mol. The van der Waals surface area contributed by atoms with Crippen molar-refractivity contribution in [3.8, 4) is 0 Å². The van der Waals surface area contributed by atoms with Gasteiger partial charge >= 0.3 is 0 Å². The Morgan fingerprint density at radius 2 is 1.78 bits per heavy atom. The van der Waals surface area contributed by atoms with Crippen LogP contribution in [0.15, 0.2) is 11.1 Å². The van der Waals surface area contributed by atoms with Gasteiger partial charge in [0.05, 0.1) is 11.2 Å². The van der Waals surface area contributed by atoms with Crippen molar-refractivity contribution in [1.82, 2.24) is 0 Å². The molecule has 0 unspecified atom stereocenters. The number of Topliss-reactive ketones (excluding diaryl/α,β-unsaturated/α-hetero) is 1. The average Bonchev–Trinajstić information content (AvgIpc) is 2.43. The molecule has 4 atom stereocenters. The Balaban J connectivity index is 2.45. The molecule has 0 aromatic rings. The first-order valence-electron chi connectivity index (χ1n) is 6.79. The van der Waals surface area contributed by atoms with Gasteiger partial charge in [-0.15, -0.1) is 0 Å². The van der Waals surface area contributed by atoms with Crippen LogP contribution in [0.3, 0.4) is 0 Å². The summed E-state index contributed by atoms with van der Waals surface area (Å²) in [4.78, 5) is 12.2. The molecule has 3 nitrogen and oxygen atoms in total. The van der Waals surface area contributed by atoms with Crippen molar-refractivity contribution in [2.24, 2.45) is 11.8 Å². The molecule has 2 saturated carbocycles. The highest BCUT2D eigenvalue weighted by Crippen LogP contribution is 2.51. The summed E-state index contributed by atoms with van der Waals surface area (Å²) in [5.74, 6) is 0.0577. The van der Waals surface area contributed by atoms with Gasteiger partial charge in [-0.1, -0.05) is 5.57 Å². The van der Waals surface area contributed by atoms with E-state index in [1.807, 2.05) is 20.8 Å². The van der Waals surface area contributed by atoms with Crippen LogP contribution in [0.2, 0.25) is 0 Å². The fourth-order valence-corrected chi connectivity index (χ4v) is 3.75. The summed E-state index contributed by atoms with van der Waals surface area (Å²) in [6.07, 6.45) is 2.30. The number of ketones is 1. The average molecular weight is 252 g/mol. The summed E-state index contributed by atoms with van der Waals surface area (Å²) in [6, 6.07) is 0. The summed E-state index contributed by atoms with van der Waals surface area (Å²) in [5.41, 5.74) is 0.0727. The van der Waals surface area contributed by atoms with Crippen molar-refractivity contribution in [1.29, 1.82) is 0 Å². The van der Waals surface area contributed by atoms with Gasteiger partial charge in [-0.25, -0.2) is 0 Å². The molecule has 0 saturated heterocycles. The Hall–Kier alpha value is -0.670. The van der Waals surface area contributed by atoms with Gasteiger partial charge in [0.1, 0.15) is 0 Å². The molecule has 0 radical (unpaired) electrons. The summed E-state index contributed by atoms with van der Waals surface area (Å²) in [6.45, 7) is 7.46. The van der Waals surface area contributed by atoms with Gasteiger partial charge in [0.2, 0.25) is 0 Å². The normalized spacial score (nSPS) is 44.8. The van der Waals surface area contributed by atoms with Crippen molar-refractivity contribution < 1.29 is 15.0 Å². The third-order valence-electron chi connectivity index (χ3n) is 4.93. The van der Waals surface area contributed by atoms with Crippen LogP contribution in [0.4, 0.5) is 0 Å². The predicted molar refractivity (Wildman–Crippen MR) is 70.1 cm³/mol. The maximum absolute atomic E-state index is 12.2. The van der Waals surface area contributed by atoms with Crippen molar-refractivity contribution >= 4 is 5.78 Å². The minimum absolute atomic E-state index is 0.0103. The van der Waals surface area contributed by atoms with Crippen molar-refractivity contribution in [3.63, 3.8) is 0 Å². The predicted octanol–water partition coefficient (Wildman–Crippen LogP) is 2.21. The molecule has 0 spiro atoms. The number of carbonyl (C=O) groups is 1. The second-order valence-corrected chi connectivity index (χ2v) is 6.75. The molecule has 0 aromatic carbocycles. The molecule has 0 amide bonds. The van der Waals surface area contributed by atoms with Gasteiger partial charge in [0.15, 0.2) is 5.78 Å². The second kappa shape index (κ2) is 4.17. The van der Waals surface area contributed by atoms with E-state index in [-0.39, 0.29) is 24.0 Å². The fraction of sp³-hybridized carbons (Fsp3) is 0.800. The van der Waals surface area contributed by atoms with Gasteiger partial charge in [-0.2, -0.15) is 0 Å². The van der Waals surface area contributed by atoms with Gasteiger partial charge in [-0.3, -0.25) is 4.79 Å². The molecule has 2 rings (SSSR count). The summed E-state index contributed by atoms with van der Waals surface area (Å²) in [7, 11) is 0. The minimum Gasteiger partial charge on any atom is -0.390 e. The Labute approximate surface area is 109 Å². The smallest absolute Gasteiger partial charge is 0.161 e. The molecular formula is C15H24O3. The minimum atomic E-state index is -0.987. The standard InChI is InChI=1S/C15H24O3/c1-9(2)10-7-12-11(5-6-14(12,3)17)15(4,18)8-13(10)16/h11-12,17-18H,5-8H2,1-4H3/t11-,12-,14+,15+/m0/s1. The zero-order valence-corrected chi connectivity index (χ0v) is 11.8. The molecule has 2 fully saturated rings. The number of allylic oxidation sites excluding steroid dienone is 2. The first-order chi connectivity index (χ1) is 8.15. The number of aliphatic hydroxyl groups is 2. The van der Waals surface area contributed by atoms with Crippen molar-refractivity contribution in [3.05, 3.63) is 11.1 Å². The summed E-state index contributed by atoms with van der Waals surface area (Å²) < 4.78 is 0. The van der Waals surface area contributed by atoms with Crippen LogP contribution < -0.4 is 0 Å². The molecule has 2 aliphatic carbocycles. The highest BCUT2D eigenvalue weighted by atomic mass is 16.3. The van der Waals surface area contributed by atoms with E-state index in [2.05, 4.69) is 0 Å². The quantitative estimate of drug-likeness (QED) is 0.650. The Morgan fingerprint density at radius 1 is 1.17 bits per heavy atom. The molecule has 0 bridgehead atoms. The van der Waals surface area contributed by atoms with E-state index < -0.39 is 11.2 Å². The largest absolute Gasteiger partial charge is 0.390 e. The SMILES string of the molecule is CC(C)=C1C[C@H]2[C@H](CC[C@@]2(C)O)[C@](C)(O)CC1=O. The lowest BCUT2D eigenvalue weighted by Crippen LogP contribution is -2.41. The maximum atomic E-state index is 12.2. The molecule has 18 heavy (non-hydrogen) atoms. The van der Waals surface area contributed by atoms with Crippen LogP contribution in [0, 0.1) is 11.8 Å². The topological polar surface area (TPSA) is 57.5 Å². The summed E-state index contributed by atoms with van der Waals surface area (Å²) >= 11 is 0. The number of hydrogen-bond acceptors (Lipinski definition) is 3. The van der Waals surface area contributed by atoms with E-state index in [0.29, 0.717) is 12.8 Å². The zero-order valence-electron chi connectivity index (χ0n) is 11.8. The van der Waals surface area contributed by atoms with Gasteiger partial charge in [-0.05, 0) is 64.4 Å². The van der Waals surface area contributed by atoms with Crippen LogP contribution in [0.25, 0.3) is 0 Å². The van der Waals surface area contributed by atoms with Crippen LogP contribution in [-0.4, -0.2) is 27.2 Å². The molecule has 0 aromatic heterocycles.